The molecule has 2 aromatic rings. The van der Waals surface area contributed by atoms with E-state index < -0.39 is 5.75 Å². The number of para-hydroxylation sites is 1. The Kier molecular flexibility index (Phi) is 4.22. The summed E-state index contributed by atoms with van der Waals surface area (Å²) < 4.78 is 0. The Bertz CT molecular complexity index is 854. The standard InChI is InChI=1S/C17H14ClN3O3/c1-2-21-13-6-4-3-5-11(13)15(17(21)24)20-19-9-10-7-12(18)16(23)14(22)8-10/h3-9,22-23H,2H2,1H3/b19-9-,20-15-. The van der Waals surface area contributed by atoms with E-state index in [4.69, 9.17) is 11.6 Å². The molecule has 24 heavy (non-hydrogen) atoms. The molecule has 0 saturated heterocycles. The van der Waals surface area contributed by atoms with Crippen LogP contribution in [0.25, 0.3) is 0 Å². The predicted molar refractivity (Wildman–Crippen MR) is 93.4 cm³/mol. The summed E-state index contributed by atoms with van der Waals surface area (Å²) in [6.07, 6.45) is 1.35. The Morgan fingerprint density at radius 1 is 1.25 bits per heavy atom. The molecule has 0 bridgehead atoms. The van der Waals surface area contributed by atoms with Gasteiger partial charge in [-0.2, -0.15) is 5.10 Å². The second kappa shape index (κ2) is 6.33. The highest BCUT2D eigenvalue weighted by molar-refractivity contribution is 6.54. The van der Waals surface area contributed by atoms with Crippen LogP contribution in [0.2, 0.25) is 5.02 Å². The zero-order valence-electron chi connectivity index (χ0n) is 12.8. The molecule has 122 valence electrons. The average Bonchev–Trinajstić information content (AvgIpc) is 2.84. The summed E-state index contributed by atoms with van der Waals surface area (Å²) in [5.41, 5.74) is 2.25. The lowest BCUT2D eigenvalue weighted by Crippen LogP contribution is -2.29. The molecule has 0 saturated carbocycles. The van der Waals surface area contributed by atoms with Gasteiger partial charge in [0.1, 0.15) is 0 Å². The molecule has 1 aliphatic heterocycles. The van der Waals surface area contributed by atoms with Gasteiger partial charge in [0.25, 0.3) is 5.91 Å². The number of carbonyl (C=O) groups excluding carboxylic acids is 1. The summed E-state index contributed by atoms with van der Waals surface area (Å²) in [6, 6.07) is 10.1. The van der Waals surface area contributed by atoms with Crippen molar-refractivity contribution in [3.05, 3.63) is 52.5 Å². The Balaban J connectivity index is 1.94. The zero-order valence-corrected chi connectivity index (χ0v) is 13.5. The number of phenolic OH excluding ortho intramolecular Hbond substituents is 2. The molecule has 1 heterocycles. The fourth-order valence-electron chi connectivity index (χ4n) is 2.51. The molecular weight excluding hydrogens is 330 g/mol. The maximum Gasteiger partial charge on any atom is 0.279 e. The first-order chi connectivity index (χ1) is 11.5. The van der Waals surface area contributed by atoms with Gasteiger partial charge in [0.05, 0.1) is 16.9 Å². The normalized spacial score (nSPS) is 15.5. The maximum atomic E-state index is 12.4. The summed E-state index contributed by atoms with van der Waals surface area (Å²) in [5.74, 6) is -0.947. The van der Waals surface area contributed by atoms with Crippen LogP contribution in [0.1, 0.15) is 18.1 Å². The number of phenols is 2. The molecule has 0 radical (unpaired) electrons. The third kappa shape index (κ3) is 2.72. The molecule has 2 N–H and O–H groups in total. The first-order valence-corrected chi connectivity index (χ1v) is 7.64. The number of aromatic hydroxyl groups is 2. The lowest BCUT2D eigenvalue weighted by atomic mass is 10.1. The van der Waals surface area contributed by atoms with Crippen molar-refractivity contribution in [1.29, 1.82) is 0 Å². The number of benzene rings is 2. The Morgan fingerprint density at radius 3 is 2.71 bits per heavy atom. The van der Waals surface area contributed by atoms with Gasteiger partial charge in [0.2, 0.25) is 0 Å². The van der Waals surface area contributed by atoms with Gasteiger partial charge in [-0.25, -0.2) is 0 Å². The fraction of sp³-hybridized carbons (Fsp3) is 0.118. The van der Waals surface area contributed by atoms with Crippen molar-refractivity contribution in [2.75, 3.05) is 11.4 Å². The predicted octanol–water partition coefficient (Wildman–Crippen LogP) is 2.94. The molecule has 0 fully saturated rings. The van der Waals surface area contributed by atoms with Crippen molar-refractivity contribution >= 4 is 35.1 Å². The number of halogens is 1. The molecule has 3 rings (SSSR count). The largest absolute Gasteiger partial charge is 0.504 e. The number of carbonyl (C=O) groups is 1. The molecule has 0 aromatic heterocycles. The van der Waals surface area contributed by atoms with E-state index in [0.29, 0.717) is 12.1 Å². The Labute approximate surface area is 143 Å². The van der Waals surface area contributed by atoms with E-state index in [-0.39, 0.29) is 22.4 Å². The van der Waals surface area contributed by atoms with Crippen molar-refractivity contribution in [3.63, 3.8) is 0 Å². The van der Waals surface area contributed by atoms with E-state index in [1.165, 1.54) is 18.3 Å². The van der Waals surface area contributed by atoms with E-state index in [1.807, 2.05) is 31.2 Å². The Hall–Kier alpha value is -2.86. The van der Waals surface area contributed by atoms with Crippen LogP contribution in [0.5, 0.6) is 11.5 Å². The van der Waals surface area contributed by atoms with Crippen LogP contribution < -0.4 is 4.90 Å². The van der Waals surface area contributed by atoms with E-state index in [0.717, 1.165) is 11.3 Å². The van der Waals surface area contributed by atoms with Gasteiger partial charge in [-0.3, -0.25) is 4.79 Å². The summed E-state index contributed by atoms with van der Waals surface area (Å²) in [4.78, 5) is 14.0. The molecule has 7 heteroatoms. The van der Waals surface area contributed by atoms with Crippen LogP contribution in [0, 0.1) is 0 Å². The van der Waals surface area contributed by atoms with Gasteiger partial charge in [-0.15, -0.1) is 5.10 Å². The summed E-state index contributed by atoms with van der Waals surface area (Å²) in [7, 11) is 0. The second-order valence-corrected chi connectivity index (χ2v) is 5.54. The minimum atomic E-state index is -0.390. The number of likely N-dealkylation sites (N-methyl/N-ethyl adjacent to an activating group) is 1. The Morgan fingerprint density at radius 2 is 2.00 bits per heavy atom. The van der Waals surface area contributed by atoms with Gasteiger partial charge in [-0.05, 0) is 30.7 Å². The van der Waals surface area contributed by atoms with Gasteiger partial charge in [0, 0.05) is 12.1 Å². The van der Waals surface area contributed by atoms with E-state index in [2.05, 4.69) is 10.2 Å². The van der Waals surface area contributed by atoms with Gasteiger partial charge in [-0.1, -0.05) is 29.8 Å². The molecule has 0 aliphatic carbocycles. The first kappa shape index (κ1) is 16.0. The van der Waals surface area contributed by atoms with Crippen molar-refractivity contribution in [3.8, 4) is 11.5 Å². The molecule has 2 aromatic carbocycles. The number of hydrogen-bond donors (Lipinski definition) is 2. The number of nitrogens with zero attached hydrogens (tertiary/aromatic N) is 3. The van der Waals surface area contributed by atoms with Gasteiger partial charge >= 0.3 is 0 Å². The van der Waals surface area contributed by atoms with Crippen LogP contribution in [0.3, 0.4) is 0 Å². The maximum absolute atomic E-state index is 12.4. The number of amides is 1. The lowest BCUT2D eigenvalue weighted by molar-refractivity contribution is -0.112. The van der Waals surface area contributed by atoms with Gasteiger partial charge < -0.3 is 15.1 Å². The van der Waals surface area contributed by atoms with Crippen LogP contribution in [-0.4, -0.2) is 34.6 Å². The monoisotopic (exact) mass is 343 g/mol. The summed E-state index contributed by atoms with van der Waals surface area (Å²) in [6.45, 7) is 2.43. The van der Waals surface area contributed by atoms with Crippen LogP contribution >= 0.6 is 11.6 Å². The second-order valence-electron chi connectivity index (χ2n) is 5.13. The SMILES string of the molecule is CCN1C(=O)/C(=N\N=C/c2cc(O)c(O)c(Cl)c2)c2ccccc21. The number of rotatable bonds is 3. The number of fused-ring (bicyclic) bond motifs is 1. The van der Waals surface area contributed by atoms with Crippen molar-refractivity contribution in [1.82, 2.24) is 0 Å². The molecule has 0 atom stereocenters. The lowest BCUT2D eigenvalue weighted by Gasteiger charge is -2.12. The third-order valence-electron chi connectivity index (χ3n) is 3.64. The summed E-state index contributed by atoms with van der Waals surface area (Å²) in [5, 5.41) is 26.9. The highest BCUT2D eigenvalue weighted by Gasteiger charge is 2.32. The van der Waals surface area contributed by atoms with Crippen molar-refractivity contribution in [2.45, 2.75) is 6.92 Å². The van der Waals surface area contributed by atoms with E-state index >= 15 is 0 Å². The average molecular weight is 344 g/mol. The molecule has 1 amide bonds. The topological polar surface area (TPSA) is 85.5 Å². The number of anilines is 1. The molecule has 6 nitrogen and oxygen atoms in total. The quantitative estimate of drug-likeness (QED) is 0.510. The number of hydrogen-bond acceptors (Lipinski definition) is 5. The zero-order chi connectivity index (χ0) is 17.3. The van der Waals surface area contributed by atoms with Crippen LogP contribution in [-0.2, 0) is 4.79 Å². The van der Waals surface area contributed by atoms with Gasteiger partial charge in [0.15, 0.2) is 17.2 Å². The molecule has 1 aliphatic rings. The molecule has 0 spiro atoms. The van der Waals surface area contributed by atoms with Crippen LogP contribution in [0.4, 0.5) is 5.69 Å². The minimum Gasteiger partial charge on any atom is -0.504 e. The first-order valence-electron chi connectivity index (χ1n) is 7.26. The van der Waals surface area contributed by atoms with E-state index in [1.54, 1.807) is 4.90 Å². The highest BCUT2D eigenvalue weighted by atomic mass is 35.5. The van der Waals surface area contributed by atoms with Crippen molar-refractivity contribution < 1.29 is 15.0 Å². The highest BCUT2D eigenvalue weighted by Crippen LogP contribution is 2.33. The van der Waals surface area contributed by atoms with Crippen molar-refractivity contribution in [2.24, 2.45) is 10.2 Å². The molecular formula is C17H14ClN3O3. The summed E-state index contributed by atoms with van der Waals surface area (Å²) >= 11 is 5.78. The minimum absolute atomic E-state index is 0.00329. The smallest absolute Gasteiger partial charge is 0.279 e. The fourth-order valence-corrected chi connectivity index (χ4v) is 2.73. The van der Waals surface area contributed by atoms with E-state index in [9.17, 15) is 15.0 Å². The molecule has 0 unspecified atom stereocenters. The third-order valence-corrected chi connectivity index (χ3v) is 3.93. The van der Waals surface area contributed by atoms with Crippen LogP contribution in [0.15, 0.2) is 46.6 Å².